The maximum absolute atomic E-state index is 12.5. The standard InChI is InChI=1S/C45H87NO7/c1-4-7-10-13-16-23-28-39-50-43(48)32-25-18-17-19-26-35-46(37-38-47)36-27-20-24-29-40-51-44(49)33-34-45(52-41-30-21-14-11-8-5-2)53-42-31-22-15-12-9-6-3/h16,23,45,47H,4-15,17-22,24-42H2,1-3H3/b23-16-. The Labute approximate surface area is 327 Å². The number of hydrogen-bond acceptors (Lipinski definition) is 8. The van der Waals surface area contributed by atoms with Crippen molar-refractivity contribution in [3.8, 4) is 0 Å². The third-order valence-corrected chi connectivity index (χ3v) is 9.78. The molecule has 0 aromatic rings. The van der Waals surface area contributed by atoms with Crippen LogP contribution in [0.3, 0.4) is 0 Å². The van der Waals surface area contributed by atoms with E-state index in [1.807, 2.05) is 0 Å². The number of esters is 2. The highest BCUT2D eigenvalue weighted by atomic mass is 16.7. The van der Waals surface area contributed by atoms with Gasteiger partial charge in [0.25, 0.3) is 0 Å². The first-order chi connectivity index (χ1) is 26.1. The molecule has 53 heavy (non-hydrogen) atoms. The predicted molar refractivity (Wildman–Crippen MR) is 221 cm³/mol. The lowest BCUT2D eigenvalue weighted by Gasteiger charge is -2.21. The number of allylic oxidation sites excluding steroid dienone is 1. The van der Waals surface area contributed by atoms with Crippen LogP contribution < -0.4 is 0 Å². The number of hydrogen-bond donors (Lipinski definition) is 1. The molecule has 314 valence electrons. The second kappa shape index (κ2) is 43.3. The number of carbonyl (C=O) groups is 2. The number of nitrogens with zero attached hydrogens (tertiary/aromatic N) is 1. The van der Waals surface area contributed by atoms with E-state index in [2.05, 4.69) is 37.8 Å². The maximum atomic E-state index is 12.5. The summed E-state index contributed by atoms with van der Waals surface area (Å²) >= 11 is 0. The van der Waals surface area contributed by atoms with Gasteiger partial charge in [-0.2, -0.15) is 0 Å². The molecule has 0 radical (unpaired) electrons. The van der Waals surface area contributed by atoms with E-state index in [0.717, 1.165) is 96.6 Å². The minimum Gasteiger partial charge on any atom is -0.466 e. The van der Waals surface area contributed by atoms with Crippen molar-refractivity contribution in [2.24, 2.45) is 0 Å². The lowest BCUT2D eigenvalue weighted by Crippen LogP contribution is -2.29. The Bertz CT molecular complexity index is 775. The van der Waals surface area contributed by atoms with Gasteiger partial charge >= 0.3 is 11.9 Å². The molecule has 0 aromatic carbocycles. The zero-order chi connectivity index (χ0) is 38.7. The highest BCUT2D eigenvalue weighted by Gasteiger charge is 2.14. The minimum absolute atomic E-state index is 0.0753. The highest BCUT2D eigenvalue weighted by Crippen LogP contribution is 2.13. The molecule has 0 aromatic heterocycles. The zero-order valence-corrected chi connectivity index (χ0v) is 35.2. The van der Waals surface area contributed by atoms with Crippen LogP contribution in [0.4, 0.5) is 0 Å². The monoisotopic (exact) mass is 754 g/mol. The molecule has 8 heteroatoms. The van der Waals surface area contributed by atoms with Crippen LogP contribution in [0.1, 0.15) is 207 Å². The molecule has 0 rings (SSSR count). The van der Waals surface area contributed by atoms with Crippen LogP contribution in [0, 0.1) is 0 Å². The van der Waals surface area contributed by atoms with Crippen molar-refractivity contribution < 1.29 is 33.6 Å². The molecule has 0 atom stereocenters. The summed E-state index contributed by atoms with van der Waals surface area (Å²) in [5.41, 5.74) is 0. The van der Waals surface area contributed by atoms with Crippen molar-refractivity contribution in [2.45, 2.75) is 213 Å². The molecule has 0 heterocycles. The summed E-state index contributed by atoms with van der Waals surface area (Å²) in [5.74, 6) is -0.236. The fourth-order valence-corrected chi connectivity index (χ4v) is 6.37. The average molecular weight is 754 g/mol. The van der Waals surface area contributed by atoms with E-state index >= 15 is 0 Å². The first-order valence-electron chi connectivity index (χ1n) is 22.6. The summed E-state index contributed by atoms with van der Waals surface area (Å²) < 4.78 is 23.0. The molecule has 0 fully saturated rings. The van der Waals surface area contributed by atoms with E-state index in [1.165, 1.54) is 83.5 Å². The van der Waals surface area contributed by atoms with Gasteiger partial charge in [-0.15, -0.1) is 0 Å². The van der Waals surface area contributed by atoms with Gasteiger partial charge in [0.05, 0.1) is 26.2 Å². The first kappa shape index (κ1) is 51.5. The summed E-state index contributed by atoms with van der Waals surface area (Å²) in [6.07, 6.45) is 35.2. The number of carbonyl (C=O) groups excluding carboxylic acids is 2. The average Bonchev–Trinajstić information content (AvgIpc) is 3.15. The molecule has 1 N–H and O–H groups in total. The SMILES string of the molecule is CCCCC/C=C\CCOC(=O)CCCCCCCN(CCO)CCCCCCOC(=O)CCC(OCCCCCCCC)OCCCCCCCC. The largest absolute Gasteiger partial charge is 0.466 e. The van der Waals surface area contributed by atoms with Crippen molar-refractivity contribution in [3.63, 3.8) is 0 Å². The summed E-state index contributed by atoms with van der Waals surface area (Å²) in [4.78, 5) is 26.8. The van der Waals surface area contributed by atoms with Crippen LogP contribution in [0.2, 0.25) is 0 Å². The van der Waals surface area contributed by atoms with Crippen LogP contribution in [0.25, 0.3) is 0 Å². The third-order valence-electron chi connectivity index (χ3n) is 9.78. The Morgan fingerprint density at radius 2 is 0.943 bits per heavy atom. The second-order valence-electron chi connectivity index (χ2n) is 14.9. The van der Waals surface area contributed by atoms with Gasteiger partial charge < -0.3 is 29.0 Å². The van der Waals surface area contributed by atoms with Crippen molar-refractivity contribution in [2.75, 3.05) is 52.7 Å². The van der Waals surface area contributed by atoms with Gasteiger partial charge in [0, 0.05) is 32.6 Å². The lowest BCUT2D eigenvalue weighted by atomic mass is 10.1. The molecule has 0 bridgehead atoms. The Kier molecular flexibility index (Phi) is 42.0. The molecule has 0 spiro atoms. The molecule has 0 amide bonds. The molecule has 0 unspecified atom stereocenters. The van der Waals surface area contributed by atoms with Crippen LogP contribution in [0.15, 0.2) is 12.2 Å². The topological polar surface area (TPSA) is 94.5 Å². The molecule has 0 aliphatic carbocycles. The molecule has 0 saturated carbocycles. The van der Waals surface area contributed by atoms with Gasteiger partial charge in [-0.25, -0.2) is 0 Å². The fraction of sp³-hybridized carbons (Fsp3) is 0.911. The highest BCUT2D eigenvalue weighted by molar-refractivity contribution is 5.69. The van der Waals surface area contributed by atoms with Crippen molar-refractivity contribution in [3.05, 3.63) is 12.2 Å². The molecule has 8 nitrogen and oxygen atoms in total. The van der Waals surface area contributed by atoms with E-state index in [1.54, 1.807) is 0 Å². The van der Waals surface area contributed by atoms with Crippen LogP contribution >= 0.6 is 0 Å². The third kappa shape index (κ3) is 40.0. The summed E-state index contributed by atoms with van der Waals surface area (Å²) in [7, 11) is 0. The quantitative estimate of drug-likeness (QED) is 0.0285. The molecular formula is C45H87NO7. The second-order valence-corrected chi connectivity index (χ2v) is 14.9. The minimum atomic E-state index is -0.325. The van der Waals surface area contributed by atoms with Crippen molar-refractivity contribution >= 4 is 11.9 Å². The van der Waals surface area contributed by atoms with Crippen LogP contribution in [-0.2, 0) is 28.5 Å². The number of ether oxygens (including phenoxy) is 4. The van der Waals surface area contributed by atoms with E-state index < -0.39 is 0 Å². The molecule has 0 saturated heterocycles. The van der Waals surface area contributed by atoms with Gasteiger partial charge in [0.1, 0.15) is 0 Å². The fourth-order valence-electron chi connectivity index (χ4n) is 6.37. The van der Waals surface area contributed by atoms with E-state index in [-0.39, 0.29) is 24.8 Å². The van der Waals surface area contributed by atoms with Crippen LogP contribution in [0.5, 0.6) is 0 Å². The summed E-state index contributed by atoms with van der Waals surface area (Å²) in [6.45, 7) is 11.9. The summed E-state index contributed by atoms with van der Waals surface area (Å²) in [5, 5.41) is 9.53. The van der Waals surface area contributed by atoms with E-state index in [0.29, 0.717) is 52.2 Å². The molecule has 0 aliphatic rings. The van der Waals surface area contributed by atoms with Gasteiger partial charge in [0.15, 0.2) is 6.29 Å². The number of aliphatic hydroxyl groups excluding tert-OH is 1. The predicted octanol–water partition coefficient (Wildman–Crippen LogP) is 11.7. The smallest absolute Gasteiger partial charge is 0.305 e. The van der Waals surface area contributed by atoms with Crippen LogP contribution in [-0.4, -0.2) is 80.9 Å². The Morgan fingerprint density at radius 3 is 1.53 bits per heavy atom. The van der Waals surface area contributed by atoms with Gasteiger partial charge in [-0.3, -0.25) is 9.59 Å². The van der Waals surface area contributed by atoms with Crippen molar-refractivity contribution in [1.82, 2.24) is 4.90 Å². The van der Waals surface area contributed by atoms with Gasteiger partial charge in [-0.1, -0.05) is 142 Å². The van der Waals surface area contributed by atoms with Gasteiger partial charge in [-0.05, 0) is 70.9 Å². The molecular weight excluding hydrogens is 666 g/mol. The van der Waals surface area contributed by atoms with Crippen molar-refractivity contribution in [1.29, 1.82) is 0 Å². The zero-order valence-electron chi connectivity index (χ0n) is 35.2. The number of aliphatic hydroxyl groups is 1. The van der Waals surface area contributed by atoms with E-state index in [9.17, 15) is 14.7 Å². The molecule has 0 aliphatic heterocycles. The first-order valence-corrected chi connectivity index (χ1v) is 22.6. The Morgan fingerprint density at radius 1 is 0.491 bits per heavy atom. The van der Waals surface area contributed by atoms with E-state index in [4.69, 9.17) is 18.9 Å². The number of rotatable bonds is 43. The Balaban J connectivity index is 3.98. The van der Waals surface area contributed by atoms with Gasteiger partial charge in [0.2, 0.25) is 0 Å². The normalized spacial score (nSPS) is 11.7. The lowest BCUT2D eigenvalue weighted by molar-refractivity contribution is -0.159. The maximum Gasteiger partial charge on any atom is 0.305 e. The summed E-state index contributed by atoms with van der Waals surface area (Å²) in [6, 6.07) is 0. The Hall–Kier alpha value is -1.48. The number of unbranched alkanes of at least 4 members (excludes halogenated alkanes) is 20.